The van der Waals surface area contributed by atoms with E-state index in [0.717, 1.165) is 5.75 Å². The maximum Gasteiger partial charge on any atom is 0.370 e. The minimum atomic E-state index is -0.656. The number of carbonyl (C=O) groups is 1. The second-order valence-electron chi connectivity index (χ2n) is 5.23. The number of benzene rings is 2. The molecule has 6 nitrogen and oxygen atoms in total. The molecule has 0 saturated carbocycles. The van der Waals surface area contributed by atoms with E-state index in [-0.39, 0.29) is 5.56 Å². The van der Waals surface area contributed by atoms with Gasteiger partial charge in [0.25, 0.3) is 5.91 Å². The molecule has 0 spiro atoms. The predicted octanol–water partition coefficient (Wildman–Crippen LogP) is 3.33. The number of amides is 1. The Hall–Kier alpha value is -3.28. The van der Waals surface area contributed by atoms with Crippen molar-refractivity contribution < 1.29 is 14.1 Å². The highest BCUT2D eigenvalue weighted by Crippen LogP contribution is 2.22. The lowest BCUT2D eigenvalue weighted by Crippen LogP contribution is -2.19. The molecule has 1 heterocycles. The number of nitrogens with one attached hydrogen (secondary N) is 1. The van der Waals surface area contributed by atoms with Crippen molar-refractivity contribution in [3.63, 3.8) is 0 Å². The van der Waals surface area contributed by atoms with Crippen molar-refractivity contribution in [2.45, 2.75) is 6.92 Å². The van der Waals surface area contributed by atoms with Crippen molar-refractivity contribution in [3.8, 4) is 11.5 Å². The summed E-state index contributed by atoms with van der Waals surface area (Å²) in [4.78, 5) is 23.9. The quantitative estimate of drug-likeness (QED) is 0.799. The Balaban J connectivity index is 1.72. The van der Waals surface area contributed by atoms with Crippen LogP contribution in [0, 0.1) is 6.92 Å². The van der Waals surface area contributed by atoms with Crippen molar-refractivity contribution in [1.29, 1.82) is 0 Å². The first-order chi connectivity index (χ1) is 11.5. The molecule has 3 rings (SSSR count). The Labute approximate surface area is 138 Å². The van der Waals surface area contributed by atoms with Crippen LogP contribution in [0.4, 0.5) is 5.69 Å². The van der Waals surface area contributed by atoms with Crippen molar-refractivity contribution >= 4 is 11.6 Å². The molecule has 1 aromatic heterocycles. The van der Waals surface area contributed by atoms with Crippen LogP contribution in [-0.4, -0.2) is 10.6 Å². The van der Waals surface area contributed by atoms with E-state index in [1.54, 1.807) is 38.2 Å². The normalized spacial score (nSPS) is 10.4. The van der Waals surface area contributed by atoms with E-state index in [1.807, 2.05) is 30.3 Å². The average Bonchev–Trinajstić information content (AvgIpc) is 2.83. The van der Waals surface area contributed by atoms with Crippen molar-refractivity contribution in [2.24, 2.45) is 7.05 Å². The smallest absolute Gasteiger partial charge is 0.370 e. The van der Waals surface area contributed by atoms with Crippen LogP contribution in [0.1, 0.15) is 16.1 Å². The first kappa shape index (κ1) is 15.6. The number of hydrogen-bond donors (Lipinski definition) is 1. The summed E-state index contributed by atoms with van der Waals surface area (Å²) in [7, 11) is 1.57. The van der Waals surface area contributed by atoms with Gasteiger partial charge in [0.05, 0.1) is 5.69 Å². The minimum Gasteiger partial charge on any atom is -0.457 e. The van der Waals surface area contributed by atoms with Gasteiger partial charge in [-0.25, -0.2) is 9.53 Å². The van der Waals surface area contributed by atoms with E-state index in [1.165, 1.54) is 4.74 Å². The summed E-state index contributed by atoms with van der Waals surface area (Å²) in [5.74, 6) is 0.875. The molecule has 6 heteroatoms. The zero-order chi connectivity index (χ0) is 17.1. The van der Waals surface area contributed by atoms with E-state index in [4.69, 9.17) is 9.26 Å². The van der Waals surface area contributed by atoms with Crippen LogP contribution in [0.25, 0.3) is 0 Å². The highest BCUT2D eigenvalue weighted by atomic mass is 16.5. The first-order valence-electron chi connectivity index (χ1n) is 7.36. The minimum absolute atomic E-state index is 0.00196. The van der Waals surface area contributed by atoms with Crippen LogP contribution in [0.2, 0.25) is 0 Å². The van der Waals surface area contributed by atoms with Gasteiger partial charge in [-0.3, -0.25) is 4.79 Å². The average molecular weight is 324 g/mol. The molecule has 0 aliphatic carbocycles. The second kappa shape index (κ2) is 6.45. The SMILES string of the molecule is Cc1c(C(=O)Nc2ccc(Oc3ccccc3)cc2)c(=O)on1C. The third-order valence-corrected chi connectivity index (χ3v) is 3.58. The molecule has 0 unspecified atom stereocenters. The fraction of sp³-hybridized carbons (Fsp3) is 0.111. The lowest BCUT2D eigenvalue weighted by atomic mass is 10.2. The maximum absolute atomic E-state index is 12.2. The first-order valence-corrected chi connectivity index (χ1v) is 7.36. The molecule has 1 N–H and O–H groups in total. The molecule has 0 bridgehead atoms. The summed E-state index contributed by atoms with van der Waals surface area (Å²) in [6.07, 6.45) is 0. The van der Waals surface area contributed by atoms with E-state index in [9.17, 15) is 9.59 Å². The number of aryl methyl sites for hydroxylation is 1. The number of rotatable bonds is 4. The van der Waals surface area contributed by atoms with Crippen LogP contribution in [0.3, 0.4) is 0 Å². The van der Waals surface area contributed by atoms with Gasteiger partial charge in [0, 0.05) is 12.7 Å². The molecular weight excluding hydrogens is 308 g/mol. The summed E-state index contributed by atoms with van der Waals surface area (Å²) < 4.78 is 11.8. The molecule has 0 saturated heterocycles. The van der Waals surface area contributed by atoms with Crippen molar-refractivity contribution in [2.75, 3.05) is 5.32 Å². The number of anilines is 1. The van der Waals surface area contributed by atoms with Gasteiger partial charge in [-0.1, -0.05) is 18.2 Å². The fourth-order valence-corrected chi connectivity index (χ4v) is 2.23. The molecule has 3 aromatic rings. The zero-order valence-electron chi connectivity index (χ0n) is 13.3. The Kier molecular flexibility index (Phi) is 4.20. The summed E-state index contributed by atoms with van der Waals surface area (Å²) in [6.45, 7) is 1.65. The molecule has 0 aliphatic rings. The summed E-state index contributed by atoms with van der Waals surface area (Å²) in [5.41, 5.74) is 0.378. The van der Waals surface area contributed by atoms with Gasteiger partial charge < -0.3 is 14.6 Å². The summed E-state index contributed by atoms with van der Waals surface area (Å²) in [5, 5.41) is 2.68. The highest BCUT2D eigenvalue weighted by molar-refractivity contribution is 6.04. The van der Waals surface area contributed by atoms with Crippen LogP contribution < -0.4 is 15.7 Å². The highest BCUT2D eigenvalue weighted by Gasteiger charge is 2.19. The van der Waals surface area contributed by atoms with Gasteiger partial charge in [0.2, 0.25) is 0 Å². The third-order valence-electron chi connectivity index (χ3n) is 3.58. The molecule has 0 aliphatic heterocycles. The van der Waals surface area contributed by atoms with E-state index in [0.29, 0.717) is 17.1 Å². The predicted molar refractivity (Wildman–Crippen MR) is 89.6 cm³/mol. The van der Waals surface area contributed by atoms with Crippen molar-refractivity contribution in [1.82, 2.24) is 4.74 Å². The maximum atomic E-state index is 12.2. The molecule has 0 fully saturated rings. The molecule has 2 aromatic carbocycles. The van der Waals surface area contributed by atoms with Crippen LogP contribution in [-0.2, 0) is 7.05 Å². The molecule has 122 valence electrons. The van der Waals surface area contributed by atoms with Crippen LogP contribution in [0.5, 0.6) is 11.5 Å². The summed E-state index contributed by atoms with van der Waals surface area (Å²) in [6, 6.07) is 16.3. The summed E-state index contributed by atoms with van der Waals surface area (Å²) >= 11 is 0. The molecule has 0 radical (unpaired) electrons. The molecular formula is C18H16N2O4. The topological polar surface area (TPSA) is 73.5 Å². The lowest BCUT2D eigenvalue weighted by Gasteiger charge is -2.07. The van der Waals surface area contributed by atoms with E-state index >= 15 is 0 Å². The van der Waals surface area contributed by atoms with Gasteiger partial charge in [-0.15, -0.1) is 0 Å². The number of aromatic nitrogens is 1. The number of ether oxygens (including phenoxy) is 1. The monoisotopic (exact) mass is 324 g/mol. The second-order valence-corrected chi connectivity index (χ2v) is 5.23. The Morgan fingerprint density at radius 3 is 2.25 bits per heavy atom. The van der Waals surface area contributed by atoms with Gasteiger partial charge in [0.1, 0.15) is 17.1 Å². The molecule has 1 amide bonds. The number of hydrogen-bond acceptors (Lipinski definition) is 4. The third kappa shape index (κ3) is 3.22. The molecule has 0 atom stereocenters. The molecule has 24 heavy (non-hydrogen) atoms. The number of carbonyl (C=O) groups excluding carboxylic acids is 1. The van der Waals surface area contributed by atoms with Crippen LogP contribution >= 0.6 is 0 Å². The van der Waals surface area contributed by atoms with Crippen molar-refractivity contribution in [3.05, 3.63) is 76.3 Å². The Morgan fingerprint density at radius 1 is 1.04 bits per heavy atom. The zero-order valence-corrected chi connectivity index (χ0v) is 13.3. The van der Waals surface area contributed by atoms with Gasteiger partial charge >= 0.3 is 5.63 Å². The van der Waals surface area contributed by atoms with Crippen LogP contribution in [0.15, 0.2) is 63.9 Å². The largest absolute Gasteiger partial charge is 0.457 e. The van der Waals surface area contributed by atoms with E-state index in [2.05, 4.69) is 5.32 Å². The van der Waals surface area contributed by atoms with Gasteiger partial charge in [0.15, 0.2) is 0 Å². The fourth-order valence-electron chi connectivity index (χ4n) is 2.23. The Bertz CT molecular complexity index is 908. The Morgan fingerprint density at radius 2 is 1.67 bits per heavy atom. The van der Waals surface area contributed by atoms with Gasteiger partial charge in [-0.05, 0) is 43.3 Å². The van der Waals surface area contributed by atoms with E-state index < -0.39 is 11.5 Å². The van der Waals surface area contributed by atoms with Gasteiger partial charge in [-0.2, -0.15) is 0 Å². The standard InChI is InChI=1S/C18H16N2O4/c1-12-16(18(22)24-20(12)2)17(21)19-13-8-10-15(11-9-13)23-14-6-4-3-5-7-14/h3-11H,1-2H3,(H,19,21). The lowest BCUT2D eigenvalue weighted by molar-refractivity contribution is 0.102. The number of nitrogens with zero attached hydrogens (tertiary/aromatic N) is 1. The number of para-hydroxylation sites is 1.